The topological polar surface area (TPSA) is 53.1 Å². The number of nitrogens with zero attached hydrogens (tertiary/aromatic N) is 2. The van der Waals surface area contributed by atoms with Gasteiger partial charge in [-0.25, -0.2) is 0 Å². The molecule has 0 amide bonds. The van der Waals surface area contributed by atoms with Crippen LogP contribution in [0.5, 0.6) is 5.75 Å². The minimum Gasteiger partial charge on any atom is -0.493 e. The Labute approximate surface area is 137 Å². The summed E-state index contributed by atoms with van der Waals surface area (Å²) in [6.45, 7) is 4.12. The van der Waals surface area contributed by atoms with E-state index in [1.807, 2.05) is 22.9 Å². The van der Waals surface area contributed by atoms with Crippen LogP contribution in [-0.2, 0) is 0 Å². The number of ether oxygens (including phenoxy) is 1. The number of benzene rings is 1. The molecule has 108 valence electrons. The number of hydrogen-bond acceptors (Lipinski definition) is 3. The minimum absolute atomic E-state index is 0.205. The third kappa shape index (κ3) is 2.94. The minimum atomic E-state index is -0.333. The largest absolute Gasteiger partial charge is 0.493 e. The van der Waals surface area contributed by atoms with E-state index in [2.05, 4.69) is 41.5 Å². The molecule has 0 aliphatic heterocycles. The molecule has 2 N–H and O–H groups in total. The van der Waals surface area contributed by atoms with Crippen molar-refractivity contribution in [3.63, 3.8) is 0 Å². The van der Waals surface area contributed by atoms with Crippen LogP contribution in [0.4, 0.5) is 0 Å². The third-order valence-corrected chi connectivity index (χ3v) is 4.31. The van der Waals surface area contributed by atoms with E-state index in [1.54, 1.807) is 13.3 Å². The third-order valence-electron chi connectivity index (χ3n) is 3.10. The molecule has 20 heavy (non-hydrogen) atoms. The Balaban J connectivity index is 2.55. The van der Waals surface area contributed by atoms with Gasteiger partial charge in [-0.1, -0.05) is 11.6 Å². The lowest BCUT2D eigenvalue weighted by molar-refractivity contribution is 0.401. The summed E-state index contributed by atoms with van der Waals surface area (Å²) in [6.07, 6.45) is 1.70. The van der Waals surface area contributed by atoms with E-state index in [-0.39, 0.29) is 12.1 Å². The summed E-state index contributed by atoms with van der Waals surface area (Å²) in [5.41, 5.74) is 8.28. The summed E-state index contributed by atoms with van der Waals surface area (Å²) in [5, 5.41) is 5.03. The molecule has 2 rings (SSSR count). The predicted octanol–water partition coefficient (Wildman–Crippen LogP) is 3.78. The average molecular weight is 406 g/mol. The zero-order valence-corrected chi connectivity index (χ0v) is 14.5. The Morgan fingerprint density at radius 2 is 2.10 bits per heavy atom. The zero-order chi connectivity index (χ0) is 14.9. The Morgan fingerprint density at radius 3 is 2.70 bits per heavy atom. The first-order valence-corrected chi connectivity index (χ1v) is 7.73. The predicted molar refractivity (Wildman–Crippen MR) is 89.4 cm³/mol. The van der Waals surface area contributed by atoms with Crippen molar-refractivity contribution in [2.24, 2.45) is 5.73 Å². The van der Waals surface area contributed by atoms with E-state index in [9.17, 15) is 0 Å². The summed E-state index contributed by atoms with van der Waals surface area (Å²) >= 11 is 8.35. The smallest absolute Gasteiger partial charge is 0.161 e. The van der Waals surface area contributed by atoms with E-state index < -0.39 is 0 Å². The maximum atomic E-state index is 6.44. The molecule has 1 heterocycles. The molecule has 0 radical (unpaired) electrons. The van der Waals surface area contributed by atoms with Crippen LogP contribution in [-0.4, -0.2) is 16.9 Å². The average Bonchev–Trinajstić information content (AvgIpc) is 2.84. The lowest BCUT2D eigenvalue weighted by Gasteiger charge is -2.19. The summed E-state index contributed by atoms with van der Waals surface area (Å²) in [5.74, 6) is 0.696. The van der Waals surface area contributed by atoms with Gasteiger partial charge < -0.3 is 10.5 Å². The highest BCUT2D eigenvalue weighted by Gasteiger charge is 2.23. The molecule has 0 fully saturated rings. The summed E-state index contributed by atoms with van der Waals surface area (Å²) in [6, 6.07) is 5.58. The Bertz CT molecular complexity index is 612. The van der Waals surface area contributed by atoms with Gasteiger partial charge in [0.15, 0.2) is 5.75 Å². The number of halogens is 2. The lowest BCUT2D eigenvalue weighted by Crippen LogP contribution is -2.20. The van der Waals surface area contributed by atoms with Gasteiger partial charge in [-0.2, -0.15) is 5.10 Å². The van der Waals surface area contributed by atoms with Crippen LogP contribution in [0.2, 0.25) is 5.02 Å². The highest BCUT2D eigenvalue weighted by atomic mass is 127. The molecular formula is C14H17ClIN3O. The van der Waals surface area contributed by atoms with E-state index >= 15 is 0 Å². The van der Waals surface area contributed by atoms with Gasteiger partial charge in [0, 0.05) is 14.6 Å². The van der Waals surface area contributed by atoms with Crippen molar-refractivity contribution in [2.45, 2.75) is 25.9 Å². The first-order valence-electron chi connectivity index (χ1n) is 6.27. The fourth-order valence-electron chi connectivity index (χ4n) is 2.12. The van der Waals surface area contributed by atoms with Crippen LogP contribution in [0.3, 0.4) is 0 Å². The molecular weight excluding hydrogens is 389 g/mol. The van der Waals surface area contributed by atoms with Crippen LogP contribution in [0.15, 0.2) is 24.4 Å². The van der Waals surface area contributed by atoms with Crippen molar-refractivity contribution < 1.29 is 4.74 Å². The fraction of sp³-hybridized carbons (Fsp3) is 0.357. The van der Waals surface area contributed by atoms with Gasteiger partial charge in [-0.15, -0.1) is 0 Å². The van der Waals surface area contributed by atoms with E-state index in [4.69, 9.17) is 22.1 Å². The van der Waals surface area contributed by atoms with Crippen molar-refractivity contribution in [2.75, 3.05) is 7.11 Å². The van der Waals surface area contributed by atoms with Gasteiger partial charge in [-0.05, 0) is 60.2 Å². The van der Waals surface area contributed by atoms with Crippen LogP contribution in [0.1, 0.15) is 37.2 Å². The second-order valence-electron chi connectivity index (χ2n) is 4.78. The Morgan fingerprint density at radius 1 is 1.40 bits per heavy atom. The number of hydrogen-bond donors (Lipinski definition) is 1. The van der Waals surface area contributed by atoms with Gasteiger partial charge in [-0.3, -0.25) is 4.68 Å². The quantitative estimate of drug-likeness (QED) is 0.788. The standard InChI is InChI=1S/C14H17ClIN3O/c1-8(2)19-14(12(20-3)7-18-19)13(17)10-6-9(15)4-5-11(10)16/h4-8,13H,17H2,1-3H3. The number of aromatic nitrogens is 2. The fourth-order valence-corrected chi connectivity index (χ4v) is 2.97. The van der Waals surface area contributed by atoms with Crippen LogP contribution < -0.4 is 10.5 Å². The molecule has 0 bridgehead atoms. The van der Waals surface area contributed by atoms with Crippen molar-refractivity contribution >= 4 is 34.2 Å². The Kier molecular flexibility index (Phi) is 4.93. The molecule has 6 heteroatoms. The van der Waals surface area contributed by atoms with E-state index in [1.165, 1.54) is 0 Å². The Hall–Kier alpha value is -0.790. The first kappa shape index (κ1) is 15.6. The SMILES string of the molecule is COc1cnn(C(C)C)c1C(N)c1cc(Cl)ccc1I. The molecule has 0 aliphatic rings. The summed E-state index contributed by atoms with van der Waals surface area (Å²) in [4.78, 5) is 0. The molecule has 0 saturated carbocycles. The maximum Gasteiger partial charge on any atom is 0.161 e. The summed E-state index contributed by atoms with van der Waals surface area (Å²) < 4.78 is 8.35. The molecule has 1 unspecified atom stereocenters. The van der Waals surface area contributed by atoms with E-state index in [0.717, 1.165) is 14.8 Å². The number of rotatable bonds is 4. The van der Waals surface area contributed by atoms with Crippen LogP contribution >= 0.6 is 34.2 Å². The molecule has 4 nitrogen and oxygen atoms in total. The van der Waals surface area contributed by atoms with Crippen molar-refractivity contribution in [3.8, 4) is 5.75 Å². The lowest BCUT2D eigenvalue weighted by atomic mass is 10.0. The molecule has 1 aromatic carbocycles. The second-order valence-corrected chi connectivity index (χ2v) is 6.38. The first-order chi connectivity index (χ1) is 9.45. The highest BCUT2D eigenvalue weighted by molar-refractivity contribution is 14.1. The van der Waals surface area contributed by atoms with Crippen LogP contribution in [0.25, 0.3) is 0 Å². The monoisotopic (exact) mass is 405 g/mol. The van der Waals surface area contributed by atoms with E-state index in [0.29, 0.717) is 10.8 Å². The van der Waals surface area contributed by atoms with Gasteiger partial charge in [0.05, 0.1) is 19.3 Å². The summed E-state index contributed by atoms with van der Waals surface area (Å²) in [7, 11) is 1.63. The molecule has 0 spiro atoms. The highest BCUT2D eigenvalue weighted by Crippen LogP contribution is 2.33. The molecule has 0 saturated heterocycles. The molecule has 2 aromatic rings. The number of nitrogens with two attached hydrogens (primary N) is 1. The van der Waals surface area contributed by atoms with Crippen molar-refractivity contribution in [1.82, 2.24) is 9.78 Å². The molecule has 1 aromatic heterocycles. The maximum absolute atomic E-state index is 6.44. The van der Waals surface area contributed by atoms with Crippen LogP contribution in [0, 0.1) is 3.57 Å². The van der Waals surface area contributed by atoms with Gasteiger partial charge in [0.2, 0.25) is 0 Å². The zero-order valence-electron chi connectivity index (χ0n) is 11.6. The van der Waals surface area contributed by atoms with Gasteiger partial charge in [0.1, 0.15) is 5.69 Å². The van der Waals surface area contributed by atoms with Crippen molar-refractivity contribution in [1.29, 1.82) is 0 Å². The second kappa shape index (κ2) is 6.32. The number of methoxy groups -OCH3 is 1. The molecule has 0 aliphatic carbocycles. The normalized spacial score (nSPS) is 12.8. The van der Waals surface area contributed by atoms with Crippen molar-refractivity contribution in [3.05, 3.63) is 44.2 Å². The van der Waals surface area contributed by atoms with Gasteiger partial charge in [0.25, 0.3) is 0 Å². The van der Waals surface area contributed by atoms with Gasteiger partial charge >= 0.3 is 0 Å². The molecule has 1 atom stereocenters.